The predicted molar refractivity (Wildman–Crippen MR) is 124 cm³/mol. The molecule has 2 heterocycles. The summed E-state index contributed by atoms with van der Waals surface area (Å²) >= 11 is 5.92. The Morgan fingerprint density at radius 1 is 1.15 bits per heavy atom. The average Bonchev–Trinajstić information content (AvgIpc) is 3.28. The van der Waals surface area contributed by atoms with Crippen LogP contribution in [0.15, 0.2) is 45.6 Å². The van der Waals surface area contributed by atoms with Gasteiger partial charge in [-0.1, -0.05) is 11.6 Å². The van der Waals surface area contributed by atoms with Crippen LogP contribution >= 0.6 is 11.6 Å². The van der Waals surface area contributed by atoms with Crippen molar-refractivity contribution in [1.82, 2.24) is 0 Å². The number of anilines is 1. The maximum absolute atomic E-state index is 13.0. The van der Waals surface area contributed by atoms with Gasteiger partial charge in [0.15, 0.2) is 11.5 Å². The molecule has 3 aromatic rings. The molecule has 178 valence electrons. The molecule has 0 spiro atoms. The Morgan fingerprint density at radius 3 is 2.50 bits per heavy atom. The number of amides is 1. The third-order valence-electron chi connectivity index (χ3n) is 5.35. The number of aromatic hydroxyl groups is 1. The van der Waals surface area contributed by atoms with Crippen LogP contribution in [-0.4, -0.2) is 32.0 Å². The molecule has 10 heteroatoms. The van der Waals surface area contributed by atoms with Crippen molar-refractivity contribution >= 4 is 23.2 Å². The Morgan fingerprint density at radius 2 is 1.85 bits per heavy atom. The predicted octanol–water partition coefficient (Wildman–Crippen LogP) is 4.21. The lowest BCUT2D eigenvalue weighted by Crippen LogP contribution is -2.21. The van der Waals surface area contributed by atoms with E-state index in [0.717, 1.165) is 0 Å². The maximum Gasteiger partial charge on any atom is 0.343 e. The third-order valence-corrected chi connectivity index (χ3v) is 5.60. The SMILES string of the molecule is COc1cc(C(CC(=O)Nc2ccc(Cl)cc2)c2c(O)cc(C)oc2=O)c(OC)c2c1OCO2. The Bertz CT molecular complexity index is 1290. The van der Waals surface area contributed by atoms with E-state index in [1.807, 2.05) is 0 Å². The first kappa shape index (κ1) is 23.3. The Labute approximate surface area is 199 Å². The van der Waals surface area contributed by atoms with Crippen molar-refractivity contribution in [1.29, 1.82) is 0 Å². The molecular weight excluding hydrogens is 466 g/mol. The van der Waals surface area contributed by atoms with Crippen LogP contribution in [0.2, 0.25) is 5.02 Å². The van der Waals surface area contributed by atoms with E-state index in [1.54, 1.807) is 30.3 Å². The summed E-state index contributed by atoms with van der Waals surface area (Å²) in [7, 11) is 2.88. The molecule has 34 heavy (non-hydrogen) atoms. The lowest BCUT2D eigenvalue weighted by molar-refractivity contribution is -0.116. The van der Waals surface area contributed by atoms with E-state index in [1.165, 1.54) is 27.2 Å². The average molecular weight is 488 g/mol. The Hall–Kier alpha value is -3.85. The van der Waals surface area contributed by atoms with Crippen molar-refractivity contribution in [2.45, 2.75) is 19.3 Å². The van der Waals surface area contributed by atoms with Crippen LogP contribution in [0.25, 0.3) is 0 Å². The van der Waals surface area contributed by atoms with E-state index in [4.69, 9.17) is 35.0 Å². The van der Waals surface area contributed by atoms with Crippen molar-refractivity contribution in [2.75, 3.05) is 26.3 Å². The number of methoxy groups -OCH3 is 2. The second-order valence-corrected chi connectivity index (χ2v) is 7.96. The third kappa shape index (κ3) is 4.47. The molecule has 0 radical (unpaired) electrons. The molecule has 1 unspecified atom stereocenters. The van der Waals surface area contributed by atoms with Crippen molar-refractivity contribution in [3.63, 3.8) is 0 Å². The summed E-state index contributed by atoms with van der Waals surface area (Å²) in [6.07, 6.45) is -0.233. The molecule has 0 saturated carbocycles. The van der Waals surface area contributed by atoms with Crippen LogP contribution in [0.4, 0.5) is 5.69 Å². The van der Waals surface area contributed by atoms with Gasteiger partial charge in [0.05, 0.1) is 19.8 Å². The quantitative estimate of drug-likeness (QED) is 0.509. The number of hydrogen-bond donors (Lipinski definition) is 2. The molecular formula is C24H22ClNO8. The molecule has 1 aliphatic rings. The van der Waals surface area contributed by atoms with Crippen molar-refractivity contribution in [2.24, 2.45) is 0 Å². The van der Waals surface area contributed by atoms with Crippen LogP contribution < -0.4 is 29.9 Å². The minimum atomic E-state index is -0.970. The Kier molecular flexibility index (Phi) is 6.56. The van der Waals surface area contributed by atoms with Gasteiger partial charge in [-0.15, -0.1) is 0 Å². The zero-order chi connectivity index (χ0) is 24.4. The molecule has 2 aromatic carbocycles. The molecule has 0 aliphatic carbocycles. The maximum atomic E-state index is 13.0. The van der Waals surface area contributed by atoms with Crippen LogP contribution in [0.5, 0.6) is 28.7 Å². The zero-order valence-electron chi connectivity index (χ0n) is 18.6. The fourth-order valence-corrected chi connectivity index (χ4v) is 4.00. The first-order valence-electron chi connectivity index (χ1n) is 10.3. The van der Waals surface area contributed by atoms with Gasteiger partial charge in [-0.25, -0.2) is 4.79 Å². The van der Waals surface area contributed by atoms with E-state index in [-0.39, 0.29) is 41.8 Å². The monoisotopic (exact) mass is 487 g/mol. The topological polar surface area (TPSA) is 116 Å². The van der Waals surface area contributed by atoms with Gasteiger partial charge in [-0.05, 0) is 37.3 Å². The van der Waals surface area contributed by atoms with E-state index in [2.05, 4.69) is 5.32 Å². The number of carbonyl (C=O) groups excluding carboxylic acids is 1. The summed E-state index contributed by atoms with van der Waals surface area (Å²) < 4.78 is 27.3. The standard InChI is InChI=1S/C24H22ClNO8/c1-12-8-17(27)20(24(29)34-12)15(10-19(28)26-14-6-4-13(25)5-7-14)16-9-18(30-2)22-23(21(16)31-3)33-11-32-22/h4-9,15,27H,10-11H2,1-3H3,(H,26,28). The van der Waals surface area contributed by atoms with Gasteiger partial charge < -0.3 is 33.8 Å². The highest BCUT2D eigenvalue weighted by atomic mass is 35.5. The Balaban J connectivity index is 1.83. The molecule has 4 rings (SSSR count). The molecule has 1 atom stereocenters. The van der Waals surface area contributed by atoms with E-state index >= 15 is 0 Å². The summed E-state index contributed by atoms with van der Waals surface area (Å²) in [6, 6.07) is 9.48. The number of aryl methyl sites for hydroxylation is 1. The van der Waals surface area contributed by atoms with Gasteiger partial charge in [0, 0.05) is 34.7 Å². The highest BCUT2D eigenvalue weighted by Crippen LogP contribution is 2.52. The van der Waals surface area contributed by atoms with Crippen LogP contribution in [0, 0.1) is 6.92 Å². The molecule has 9 nitrogen and oxygen atoms in total. The summed E-state index contributed by atoms with van der Waals surface area (Å²) in [5.41, 5.74) is 0.0152. The summed E-state index contributed by atoms with van der Waals surface area (Å²) in [4.78, 5) is 25.9. The van der Waals surface area contributed by atoms with Crippen molar-refractivity contribution < 1.29 is 33.3 Å². The zero-order valence-corrected chi connectivity index (χ0v) is 19.4. The highest BCUT2D eigenvalue weighted by molar-refractivity contribution is 6.30. The van der Waals surface area contributed by atoms with Crippen LogP contribution in [0.1, 0.15) is 29.2 Å². The van der Waals surface area contributed by atoms with E-state index in [9.17, 15) is 14.7 Å². The molecule has 0 bridgehead atoms. The molecule has 0 fully saturated rings. The van der Waals surface area contributed by atoms with Gasteiger partial charge in [0.1, 0.15) is 11.5 Å². The molecule has 1 aromatic heterocycles. The van der Waals surface area contributed by atoms with Gasteiger partial charge in [-0.3, -0.25) is 4.79 Å². The number of hydrogen-bond acceptors (Lipinski definition) is 8. The minimum Gasteiger partial charge on any atom is -0.507 e. The number of benzene rings is 2. The molecule has 2 N–H and O–H groups in total. The second kappa shape index (κ2) is 9.56. The van der Waals surface area contributed by atoms with Crippen molar-refractivity contribution in [3.8, 4) is 28.7 Å². The fraction of sp³-hybridized carbons (Fsp3) is 0.250. The number of nitrogens with one attached hydrogen (secondary N) is 1. The molecule has 0 saturated heterocycles. The number of fused-ring (bicyclic) bond motifs is 1. The molecule has 1 aliphatic heterocycles. The smallest absolute Gasteiger partial charge is 0.343 e. The lowest BCUT2D eigenvalue weighted by atomic mass is 9.87. The largest absolute Gasteiger partial charge is 0.507 e. The number of ether oxygens (including phenoxy) is 4. The summed E-state index contributed by atoms with van der Waals surface area (Å²) in [5.74, 6) is -0.293. The highest BCUT2D eigenvalue weighted by Gasteiger charge is 2.34. The second-order valence-electron chi connectivity index (χ2n) is 7.52. The van der Waals surface area contributed by atoms with Gasteiger partial charge in [-0.2, -0.15) is 0 Å². The number of carbonyl (C=O) groups is 1. The van der Waals surface area contributed by atoms with E-state index in [0.29, 0.717) is 27.8 Å². The van der Waals surface area contributed by atoms with Crippen molar-refractivity contribution in [3.05, 3.63) is 68.7 Å². The lowest BCUT2D eigenvalue weighted by Gasteiger charge is -2.22. The van der Waals surface area contributed by atoms with Crippen LogP contribution in [-0.2, 0) is 4.79 Å². The van der Waals surface area contributed by atoms with Crippen LogP contribution in [0.3, 0.4) is 0 Å². The first-order chi connectivity index (χ1) is 16.3. The molecule has 1 amide bonds. The minimum absolute atomic E-state index is 0.0504. The fourth-order valence-electron chi connectivity index (χ4n) is 3.88. The normalized spacial score (nSPS) is 12.8. The first-order valence-corrected chi connectivity index (χ1v) is 10.6. The number of rotatable bonds is 7. The van der Waals surface area contributed by atoms with Gasteiger partial charge in [0.25, 0.3) is 0 Å². The number of halogens is 1. The van der Waals surface area contributed by atoms with E-state index < -0.39 is 17.5 Å². The van der Waals surface area contributed by atoms with Gasteiger partial charge >= 0.3 is 5.63 Å². The summed E-state index contributed by atoms with van der Waals surface area (Å²) in [6.45, 7) is 1.49. The summed E-state index contributed by atoms with van der Waals surface area (Å²) in [5, 5.41) is 14.0. The van der Waals surface area contributed by atoms with Gasteiger partial charge in [0.2, 0.25) is 24.2 Å².